The Labute approximate surface area is 265 Å². The number of rotatable bonds is 7. The molecule has 200 valence electrons. The summed E-state index contributed by atoms with van der Waals surface area (Å²) in [6.07, 6.45) is 0. The number of anilines is 2. The lowest BCUT2D eigenvalue weighted by Gasteiger charge is -2.13. The summed E-state index contributed by atoms with van der Waals surface area (Å²) in [5.74, 6) is -0.250. The fourth-order valence-corrected chi connectivity index (χ4v) is 8.62. The quantitative estimate of drug-likeness (QED) is 0.0870. The molecule has 1 aromatic heterocycles. The molecule has 0 bridgehead atoms. The van der Waals surface area contributed by atoms with Gasteiger partial charge in [-0.2, -0.15) is 0 Å². The van der Waals surface area contributed by atoms with Crippen LogP contribution in [0.2, 0.25) is 0 Å². The molecule has 5 rings (SSSR count). The summed E-state index contributed by atoms with van der Waals surface area (Å²) >= 11 is 16.5. The van der Waals surface area contributed by atoms with Crippen molar-refractivity contribution in [2.75, 3.05) is 16.8 Å². The van der Waals surface area contributed by atoms with Crippen LogP contribution in [0.25, 0.3) is 10.2 Å². The smallest absolute Gasteiger partial charge is 0.267 e. The Balaban J connectivity index is 1.34. The van der Waals surface area contributed by atoms with Gasteiger partial charge in [-0.3, -0.25) is 14.4 Å². The molecule has 0 spiro atoms. The molecule has 0 unspecified atom stereocenters. The molecule has 1 aliphatic rings. The zero-order valence-corrected chi connectivity index (χ0v) is 28.2. The third-order valence-electron chi connectivity index (χ3n) is 5.79. The van der Waals surface area contributed by atoms with Gasteiger partial charge in [-0.05, 0) is 120 Å². The van der Waals surface area contributed by atoms with Gasteiger partial charge in [-0.25, -0.2) is 9.88 Å². The van der Waals surface area contributed by atoms with Crippen molar-refractivity contribution in [1.29, 1.82) is 0 Å². The Hall–Kier alpha value is -1.77. The van der Waals surface area contributed by atoms with Crippen LogP contribution in [-0.2, 0) is 4.79 Å². The number of halogens is 4. The van der Waals surface area contributed by atoms with Crippen LogP contribution in [0.1, 0.15) is 34.6 Å². The number of benzene rings is 3. The molecule has 3 amide bonds. The highest BCUT2D eigenvalue weighted by molar-refractivity contribution is 9.15. The Morgan fingerprint density at radius 2 is 1.62 bits per heavy atom. The number of carbonyl (C=O) groups is 3. The fraction of sp³-hybridized carbons (Fsp3) is 0.154. The second-order valence-electron chi connectivity index (χ2n) is 8.29. The Kier molecular flexibility index (Phi) is 8.56. The molecule has 0 radical (unpaired) electrons. The lowest BCUT2D eigenvalue weighted by molar-refractivity contribution is -0.115. The second-order valence-corrected chi connectivity index (χ2v) is 14.1. The highest BCUT2D eigenvalue weighted by Crippen LogP contribution is 2.46. The molecule has 1 atom stereocenters. The van der Waals surface area contributed by atoms with Gasteiger partial charge in [-0.1, -0.05) is 11.8 Å². The van der Waals surface area contributed by atoms with Crippen molar-refractivity contribution in [2.24, 2.45) is 0 Å². The van der Waals surface area contributed by atoms with Crippen molar-refractivity contribution < 1.29 is 19.1 Å². The second kappa shape index (κ2) is 11.6. The normalized spacial score (nSPS) is 13.6. The highest BCUT2D eigenvalue weighted by Gasteiger charge is 2.42. The number of amides is 3. The maximum Gasteiger partial charge on any atom is 0.267 e. The molecule has 39 heavy (non-hydrogen) atoms. The van der Waals surface area contributed by atoms with Gasteiger partial charge >= 0.3 is 0 Å². The molecule has 0 saturated carbocycles. The van der Waals surface area contributed by atoms with Gasteiger partial charge in [0.2, 0.25) is 5.91 Å². The van der Waals surface area contributed by atoms with E-state index in [2.05, 4.69) is 74.0 Å². The van der Waals surface area contributed by atoms with Crippen LogP contribution in [0.3, 0.4) is 0 Å². The first-order valence-corrected chi connectivity index (χ1v) is 16.3. The molecule has 7 nitrogen and oxygen atoms in total. The summed E-state index contributed by atoms with van der Waals surface area (Å²) in [5, 5.41) is 2.51. The standard InChI is InChI=1S/C26H17Br4N3O4S2/c1-3-37-14-7-4-12(5-8-14)31-23(34)11(2)38-26-32-15-9-6-13(10-16(15)39-26)33-24(35)17-18(25(33)36)20(28)22(30)21(29)19(17)27/h4-11H,3H2,1-2H3,(H,31,34)/t11-/m0/s1. The van der Waals surface area contributed by atoms with Crippen LogP contribution in [-0.4, -0.2) is 34.6 Å². The van der Waals surface area contributed by atoms with E-state index in [4.69, 9.17) is 4.74 Å². The number of thiazole rings is 1. The van der Waals surface area contributed by atoms with E-state index in [1.807, 2.05) is 26.0 Å². The van der Waals surface area contributed by atoms with Crippen molar-refractivity contribution in [3.63, 3.8) is 0 Å². The van der Waals surface area contributed by atoms with E-state index in [0.29, 0.717) is 40.2 Å². The minimum Gasteiger partial charge on any atom is -0.494 e. The van der Waals surface area contributed by atoms with Gasteiger partial charge in [0.15, 0.2) is 4.34 Å². The van der Waals surface area contributed by atoms with Crippen molar-refractivity contribution >= 4 is 126 Å². The fourth-order valence-electron chi connectivity index (χ4n) is 3.92. The first-order chi connectivity index (χ1) is 18.6. The molecule has 0 fully saturated rings. The monoisotopic (exact) mass is 815 g/mol. The number of carbonyl (C=O) groups excluding carboxylic acids is 3. The number of ether oxygens (including phenoxy) is 1. The summed E-state index contributed by atoms with van der Waals surface area (Å²) in [4.78, 5) is 45.3. The summed E-state index contributed by atoms with van der Waals surface area (Å²) in [6, 6.07) is 12.5. The number of thioether (sulfide) groups is 1. The van der Waals surface area contributed by atoms with E-state index in [9.17, 15) is 14.4 Å². The zero-order valence-electron chi connectivity index (χ0n) is 20.2. The first-order valence-electron chi connectivity index (χ1n) is 11.5. The van der Waals surface area contributed by atoms with Crippen molar-refractivity contribution in [3.05, 3.63) is 71.5 Å². The van der Waals surface area contributed by atoms with Crippen LogP contribution < -0.4 is 15.0 Å². The van der Waals surface area contributed by atoms with Gasteiger partial charge in [0, 0.05) is 23.6 Å². The van der Waals surface area contributed by atoms with Gasteiger partial charge in [0.05, 0.1) is 38.9 Å². The molecule has 2 heterocycles. The van der Waals surface area contributed by atoms with Crippen molar-refractivity contribution in [2.45, 2.75) is 23.4 Å². The van der Waals surface area contributed by atoms with E-state index in [-0.39, 0.29) is 17.0 Å². The van der Waals surface area contributed by atoms with Crippen molar-refractivity contribution in [3.8, 4) is 5.75 Å². The SMILES string of the molecule is CCOc1ccc(NC(=O)[C@H](C)Sc2nc3ccc(N4C(=O)c5c(Br)c(Br)c(Br)c(Br)c5C4=O)cc3s2)cc1. The zero-order chi connectivity index (χ0) is 28.0. The summed E-state index contributed by atoms with van der Waals surface area (Å²) < 4.78 is 9.22. The van der Waals surface area contributed by atoms with E-state index < -0.39 is 17.1 Å². The minimum absolute atomic E-state index is 0.149. The van der Waals surface area contributed by atoms with Crippen LogP contribution in [0.15, 0.2) is 64.7 Å². The molecular formula is C26H17Br4N3O4S2. The predicted molar refractivity (Wildman–Crippen MR) is 170 cm³/mol. The topological polar surface area (TPSA) is 88.6 Å². The Morgan fingerprint density at radius 3 is 2.21 bits per heavy atom. The average molecular weight is 819 g/mol. The van der Waals surface area contributed by atoms with Gasteiger partial charge in [0.25, 0.3) is 11.8 Å². The largest absolute Gasteiger partial charge is 0.494 e. The lowest BCUT2D eigenvalue weighted by Crippen LogP contribution is -2.29. The Bertz CT molecular complexity index is 1610. The highest BCUT2D eigenvalue weighted by atomic mass is 79.9. The van der Waals surface area contributed by atoms with E-state index in [1.54, 1.807) is 30.3 Å². The number of hydrogen-bond donors (Lipinski definition) is 1. The van der Waals surface area contributed by atoms with Crippen LogP contribution in [0, 0.1) is 0 Å². The van der Waals surface area contributed by atoms with E-state index >= 15 is 0 Å². The number of nitrogens with one attached hydrogen (secondary N) is 1. The van der Waals surface area contributed by atoms with Gasteiger partial charge in [0.1, 0.15) is 5.75 Å². The van der Waals surface area contributed by atoms with E-state index in [1.165, 1.54) is 23.1 Å². The molecule has 1 N–H and O–H groups in total. The average Bonchev–Trinajstić information content (AvgIpc) is 3.43. The van der Waals surface area contributed by atoms with Crippen LogP contribution >= 0.6 is 86.8 Å². The van der Waals surface area contributed by atoms with Crippen molar-refractivity contribution in [1.82, 2.24) is 4.98 Å². The van der Waals surface area contributed by atoms with Gasteiger partial charge < -0.3 is 10.1 Å². The molecule has 3 aromatic carbocycles. The van der Waals surface area contributed by atoms with Crippen LogP contribution in [0.4, 0.5) is 11.4 Å². The third kappa shape index (κ3) is 5.45. The van der Waals surface area contributed by atoms with Gasteiger partial charge in [-0.15, -0.1) is 11.3 Å². The summed E-state index contributed by atoms with van der Waals surface area (Å²) in [5.41, 5.74) is 2.42. The molecule has 0 saturated heterocycles. The molecule has 1 aliphatic heterocycles. The molecule has 0 aliphatic carbocycles. The lowest BCUT2D eigenvalue weighted by atomic mass is 10.1. The summed E-state index contributed by atoms with van der Waals surface area (Å²) in [7, 11) is 0. The first kappa shape index (κ1) is 28.7. The number of fused-ring (bicyclic) bond motifs is 2. The number of hydrogen-bond acceptors (Lipinski definition) is 7. The number of aromatic nitrogens is 1. The molecular weight excluding hydrogens is 802 g/mol. The number of imide groups is 1. The van der Waals surface area contributed by atoms with E-state index in [0.717, 1.165) is 20.9 Å². The maximum absolute atomic E-state index is 13.4. The molecule has 13 heteroatoms. The number of nitrogens with zero attached hydrogens (tertiary/aromatic N) is 2. The minimum atomic E-state index is -0.422. The Morgan fingerprint density at radius 1 is 1.00 bits per heavy atom. The predicted octanol–water partition coefficient (Wildman–Crippen LogP) is 8.66. The maximum atomic E-state index is 13.4. The molecule has 4 aromatic rings. The van der Waals surface area contributed by atoms with Crippen LogP contribution in [0.5, 0.6) is 5.75 Å². The summed E-state index contributed by atoms with van der Waals surface area (Å²) in [6.45, 7) is 4.31. The third-order valence-corrected chi connectivity index (χ3v) is 12.8.